The Morgan fingerprint density at radius 1 is 0.903 bits per heavy atom. The summed E-state index contributed by atoms with van der Waals surface area (Å²) >= 11 is 0. The average molecular weight is 487 g/mol. The number of ketones is 1. The van der Waals surface area contributed by atoms with Crippen LogP contribution in [0.15, 0.2) is 48.5 Å². The molecule has 0 atom stereocenters. The molecule has 1 fully saturated rings. The summed E-state index contributed by atoms with van der Waals surface area (Å²) in [5.74, 6) is -0.764. The highest BCUT2D eigenvalue weighted by Gasteiger charge is 2.20. The zero-order valence-corrected chi connectivity index (χ0v) is 19.3. The summed E-state index contributed by atoms with van der Waals surface area (Å²) in [6.45, 7) is 3.80. The Hall–Kier alpha value is -2.71. The molecule has 0 unspecified atom stereocenters. The van der Waals surface area contributed by atoms with Gasteiger partial charge in [-0.25, -0.2) is 4.79 Å². The van der Waals surface area contributed by atoms with Gasteiger partial charge in [0.05, 0.1) is 30.3 Å². The second-order valence-corrected chi connectivity index (χ2v) is 7.56. The van der Waals surface area contributed by atoms with Gasteiger partial charge in [-0.3, -0.25) is 10.2 Å². The first-order chi connectivity index (χ1) is 14.6. The maximum Gasteiger partial charge on any atom is 0.338 e. The molecule has 2 heterocycles. The fourth-order valence-corrected chi connectivity index (χ4v) is 4.17. The molecule has 0 spiro atoms. The Bertz CT molecular complexity index is 1150. The molecule has 0 radical (unpaired) electrons. The quantitative estimate of drug-likeness (QED) is 0.410. The maximum absolute atomic E-state index is 13.1. The second kappa shape index (κ2) is 10.1. The van der Waals surface area contributed by atoms with Crippen LogP contribution in [-0.2, 0) is 17.8 Å². The minimum atomic E-state index is -0.539. The van der Waals surface area contributed by atoms with Crippen LogP contribution in [0.2, 0.25) is 0 Å². The van der Waals surface area contributed by atoms with Gasteiger partial charge in [0.15, 0.2) is 5.78 Å². The molecule has 1 aromatic heterocycles. The molecule has 7 nitrogen and oxygen atoms in total. The van der Waals surface area contributed by atoms with Gasteiger partial charge in [-0.15, -0.1) is 17.0 Å². The van der Waals surface area contributed by atoms with E-state index in [4.69, 9.17) is 10.1 Å². The molecular weight excluding hydrogens is 460 g/mol. The Labute approximate surface area is 191 Å². The van der Waals surface area contributed by atoms with E-state index in [1.54, 1.807) is 28.8 Å². The van der Waals surface area contributed by atoms with E-state index in [1.807, 2.05) is 28.8 Å². The third-order valence-electron chi connectivity index (χ3n) is 5.75. The van der Waals surface area contributed by atoms with E-state index in [2.05, 4.69) is 4.90 Å². The van der Waals surface area contributed by atoms with E-state index in [9.17, 15) is 9.59 Å². The first-order valence-corrected chi connectivity index (χ1v) is 10.3. The van der Waals surface area contributed by atoms with Crippen molar-refractivity contribution in [2.24, 2.45) is 0 Å². The molecular formula is C23H27BrN4O3. The van der Waals surface area contributed by atoms with Gasteiger partial charge in [0.25, 0.3) is 0 Å². The largest absolute Gasteiger partial charge is 0.465 e. The molecule has 1 aliphatic heterocycles. The molecule has 4 rings (SSSR count). The summed E-state index contributed by atoms with van der Waals surface area (Å²) in [5, 5.41) is 8.74. The Morgan fingerprint density at radius 3 is 2.13 bits per heavy atom. The standard InChI is InChI=1S/C23H26N4O3.BrH/c1-30-22(29)18-9-3-2-8-17(18)21(28)16-27-20-11-5-4-10-19(20)26(23(27)24)15-14-25-12-6-7-13-25;/h2-5,8-11,24H,6-7,12-16H2,1H3;1H. The van der Waals surface area contributed by atoms with E-state index in [0.717, 1.165) is 30.7 Å². The number of rotatable bonds is 7. The molecule has 1 saturated heterocycles. The van der Waals surface area contributed by atoms with E-state index in [-0.39, 0.29) is 34.9 Å². The highest BCUT2D eigenvalue weighted by molar-refractivity contribution is 8.93. The molecule has 8 heteroatoms. The van der Waals surface area contributed by atoms with Crippen LogP contribution >= 0.6 is 17.0 Å². The van der Waals surface area contributed by atoms with Crippen molar-refractivity contribution in [2.75, 3.05) is 26.7 Å². The molecule has 1 N–H and O–H groups in total. The Morgan fingerprint density at radius 2 is 1.48 bits per heavy atom. The number of carbonyl (C=O) groups excluding carboxylic acids is 2. The average Bonchev–Trinajstić information content (AvgIpc) is 3.39. The van der Waals surface area contributed by atoms with E-state index in [1.165, 1.54) is 20.0 Å². The molecule has 31 heavy (non-hydrogen) atoms. The van der Waals surface area contributed by atoms with E-state index < -0.39 is 5.97 Å². The molecule has 1 aliphatic rings. The predicted molar refractivity (Wildman–Crippen MR) is 124 cm³/mol. The molecule has 0 aliphatic carbocycles. The first-order valence-electron chi connectivity index (χ1n) is 10.3. The summed E-state index contributed by atoms with van der Waals surface area (Å²) in [6, 6.07) is 14.4. The fourth-order valence-electron chi connectivity index (χ4n) is 4.17. The summed E-state index contributed by atoms with van der Waals surface area (Å²) < 4.78 is 8.50. The number of likely N-dealkylation sites (tertiary alicyclic amines) is 1. The smallest absolute Gasteiger partial charge is 0.338 e. The van der Waals surface area contributed by atoms with Gasteiger partial charge in [0, 0.05) is 18.7 Å². The van der Waals surface area contributed by atoms with Crippen molar-refractivity contribution in [1.82, 2.24) is 14.0 Å². The molecule has 0 bridgehead atoms. The zero-order valence-electron chi connectivity index (χ0n) is 17.5. The Balaban J connectivity index is 0.00000272. The van der Waals surface area contributed by atoms with Crippen LogP contribution in [0.3, 0.4) is 0 Å². The lowest BCUT2D eigenvalue weighted by Gasteiger charge is -2.15. The lowest BCUT2D eigenvalue weighted by Crippen LogP contribution is -2.31. The number of hydrogen-bond acceptors (Lipinski definition) is 5. The van der Waals surface area contributed by atoms with Crippen molar-refractivity contribution in [3.8, 4) is 0 Å². The van der Waals surface area contributed by atoms with Crippen LogP contribution in [0.1, 0.15) is 33.6 Å². The highest BCUT2D eigenvalue weighted by atomic mass is 79.9. The number of methoxy groups -OCH3 is 1. The number of Topliss-reactive ketones (excluding diaryl/α,β-unsaturated/α-hetero) is 1. The van der Waals surface area contributed by atoms with Crippen LogP contribution < -0.4 is 5.62 Å². The van der Waals surface area contributed by atoms with Gasteiger partial charge in [0.1, 0.15) is 0 Å². The minimum absolute atomic E-state index is 0. The van der Waals surface area contributed by atoms with E-state index >= 15 is 0 Å². The lowest BCUT2D eigenvalue weighted by atomic mass is 10.0. The van der Waals surface area contributed by atoms with Crippen molar-refractivity contribution < 1.29 is 14.3 Å². The van der Waals surface area contributed by atoms with Crippen molar-refractivity contribution >= 4 is 39.8 Å². The number of nitrogens with one attached hydrogen (secondary N) is 1. The highest BCUT2D eigenvalue weighted by Crippen LogP contribution is 2.17. The number of nitrogens with zero attached hydrogens (tertiary/aromatic N) is 3. The van der Waals surface area contributed by atoms with E-state index in [0.29, 0.717) is 17.7 Å². The third kappa shape index (κ3) is 4.65. The summed E-state index contributed by atoms with van der Waals surface area (Å²) in [4.78, 5) is 27.6. The van der Waals surface area contributed by atoms with Gasteiger partial charge < -0.3 is 18.8 Å². The molecule has 3 aromatic rings. The van der Waals surface area contributed by atoms with Gasteiger partial charge in [-0.05, 0) is 44.1 Å². The summed E-state index contributed by atoms with van der Waals surface area (Å²) in [5.41, 5.74) is 2.63. The zero-order chi connectivity index (χ0) is 21.1. The lowest BCUT2D eigenvalue weighted by molar-refractivity contribution is 0.0596. The molecule has 0 saturated carbocycles. The SMILES string of the molecule is Br.COC(=O)c1ccccc1C(=O)Cn1c(=N)n(CCN2CCCC2)c2ccccc21. The number of carbonyl (C=O) groups is 2. The minimum Gasteiger partial charge on any atom is -0.465 e. The summed E-state index contributed by atoms with van der Waals surface area (Å²) in [6.07, 6.45) is 2.46. The fraction of sp³-hybridized carbons (Fsp3) is 0.348. The normalized spacial score (nSPS) is 13.8. The summed E-state index contributed by atoms with van der Waals surface area (Å²) in [7, 11) is 1.30. The molecule has 2 aromatic carbocycles. The molecule has 164 valence electrons. The van der Waals surface area contributed by atoms with Crippen LogP contribution in [-0.4, -0.2) is 52.5 Å². The van der Waals surface area contributed by atoms with Crippen molar-refractivity contribution in [1.29, 1.82) is 5.41 Å². The van der Waals surface area contributed by atoms with Gasteiger partial charge in [-0.2, -0.15) is 0 Å². The predicted octanol–water partition coefficient (Wildman–Crippen LogP) is 3.27. The number of hydrogen-bond donors (Lipinski definition) is 1. The van der Waals surface area contributed by atoms with Crippen molar-refractivity contribution in [3.05, 3.63) is 65.3 Å². The number of benzene rings is 2. The van der Waals surface area contributed by atoms with Gasteiger partial charge in [0.2, 0.25) is 5.62 Å². The van der Waals surface area contributed by atoms with Crippen LogP contribution in [0.25, 0.3) is 11.0 Å². The topological polar surface area (TPSA) is 80.3 Å². The third-order valence-corrected chi connectivity index (χ3v) is 5.75. The number of aromatic nitrogens is 2. The molecule has 0 amide bonds. The van der Waals surface area contributed by atoms with Crippen molar-refractivity contribution in [2.45, 2.75) is 25.9 Å². The van der Waals surface area contributed by atoms with Crippen LogP contribution in [0.4, 0.5) is 0 Å². The second-order valence-electron chi connectivity index (χ2n) is 7.56. The number of fused-ring (bicyclic) bond motifs is 1. The van der Waals surface area contributed by atoms with Gasteiger partial charge >= 0.3 is 5.97 Å². The van der Waals surface area contributed by atoms with Crippen LogP contribution in [0, 0.1) is 5.41 Å². The number of ether oxygens (including phenoxy) is 1. The van der Waals surface area contributed by atoms with Gasteiger partial charge in [-0.1, -0.05) is 30.3 Å². The monoisotopic (exact) mass is 486 g/mol. The number of imidazole rings is 1. The number of esters is 1. The Kier molecular flexibility index (Phi) is 7.46. The van der Waals surface area contributed by atoms with Crippen molar-refractivity contribution in [3.63, 3.8) is 0 Å². The number of halogens is 1. The number of para-hydroxylation sites is 2. The van der Waals surface area contributed by atoms with Crippen LogP contribution in [0.5, 0.6) is 0 Å². The maximum atomic E-state index is 13.1. The first kappa shape index (κ1) is 23.0.